The maximum atomic E-state index is 2.66. The van der Waals surface area contributed by atoms with Gasteiger partial charge in [0.2, 0.25) is 0 Å². The first-order chi connectivity index (χ1) is 22.8. The van der Waals surface area contributed by atoms with Crippen LogP contribution in [0.15, 0.2) is 77.4 Å². The summed E-state index contributed by atoms with van der Waals surface area (Å²) in [5.74, 6) is 0. The Kier molecular flexibility index (Phi) is 10.5. The van der Waals surface area contributed by atoms with E-state index in [1.54, 1.807) is 15.6 Å². The molecule has 0 aromatic heterocycles. The molecule has 1 unspecified atom stereocenters. The maximum absolute atomic E-state index is 2.95. The van der Waals surface area contributed by atoms with Gasteiger partial charge in [-0.25, -0.2) is 0 Å². The summed E-state index contributed by atoms with van der Waals surface area (Å²) in [7, 11) is -2.95. The maximum Gasteiger partial charge on any atom is 0.159 e. The summed E-state index contributed by atoms with van der Waals surface area (Å²) in [5.41, 5.74) is 13.4. The lowest BCUT2D eigenvalue weighted by atomic mass is 9.80. The highest BCUT2D eigenvalue weighted by Crippen LogP contribution is 2.45. The van der Waals surface area contributed by atoms with Crippen molar-refractivity contribution in [2.75, 3.05) is 0 Å². The van der Waals surface area contributed by atoms with Crippen LogP contribution in [-0.2, 0) is 32.5 Å². The smallest absolute Gasteiger partial charge is 0.0676 e. The molecule has 0 bridgehead atoms. The van der Waals surface area contributed by atoms with Gasteiger partial charge in [-0.1, -0.05) is 202 Å². The minimum absolute atomic E-state index is 0.00513. The predicted octanol–water partition coefficient (Wildman–Crippen LogP) is 12.6. The molecule has 0 fully saturated rings. The van der Waals surface area contributed by atoms with Crippen molar-refractivity contribution in [1.29, 1.82) is 0 Å². The van der Waals surface area contributed by atoms with Crippen LogP contribution in [0.25, 0.3) is 0 Å². The zero-order valence-corrected chi connectivity index (χ0v) is 37.9. The summed E-state index contributed by atoms with van der Waals surface area (Å²) in [6, 6.07) is 23.5. The lowest BCUT2D eigenvalue weighted by Crippen LogP contribution is -2.71. The topological polar surface area (TPSA) is 0 Å². The zero-order valence-electron chi connectivity index (χ0n) is 36.9. The van der Waals surface area contributed by atoms with E-state index < -0.39 is 8.07 Å². The summed E-state index contributed by atoms with van der Waals surface area (Å²) < 4.78 is 0. The van der Waals surface area contributed by atoms with E-state index in [1.807, 2.05) is 0 Å². The first kappa shape index (κ1) is 41.1. The third-order valence-electron chi connectivity index (χ3n) is 11.7. The second kappa shape index (κ2) is 13.0. The van der Waals surface area contributed by atoms with Crippen molar-refractivity contribution in [2.24, 2.45) is 0 Å². The molecule has 1 aliphatic rings. The molecule has 1 aliphatic carbocycles. The second-order valence-corrected chi connectivity index (χ2v) is 26.3. The van der Waals surface area contributed by atoms with Gasteiger partial charge in [0.25, 0.3) is 0 Å². The average Bonchev–Trinajstić information content (AvgIpc) is 3.21. The van der Waals surface area contributed by atoms with Gasteiger partial charge in [0.15, 0.2) is 8.07 Å². The van der Waals surface area contributed by atoms with Crippen LogP contribution in [0.3, 0.4) is 0 Å². The van der Waals surface area contributed by atoms with E-state index in [4.69, 9.17) is 0 Å². The largest absolute Gasteiger partial charge is 0.159 e. The predicted molar refractivity (Wildman–Crippen MR) is 232 cm³/mol. The Labute approximate surface area is 316 Å². The summed E-state index contributed by atoms with van der Waals surface area (Å²) in [6.45, 7) is 50.4. The molecule has 278 valence electrons. The zero-order chi connectivity index (χ0) is 39.1. The molecule has 0 spiro atoms. The van der Waals surface area contributed by atoms with Gasteiger partial charge in [-0.2, -0.15) is 0 Å². The molecule has 0 amide bonds. The SMILES string of the molecule is CC1=CC(C)=C(C)C1[Si](c1cc(C(C)(C)C)cc(C(C)(C)C)c1)(c1cc(C(C)(C)C)cc(C(C)(C)C)c1)c1cc(C(C)(C)C)cc(C(C)(C)C)c1. The highest BCUT2D eigenvalue weighted by atomic mass is 28.3. The lowest BCUT2D eigenvalue weighted by Gasteiger charge is -2.44. The van der Waals surface area contributed by atoms with Crippen LogP contribution in [0, 0.1) is 0 Å². The van der Waals surface area contributed by atoms with E-state index in [-0.39, 0.29) is 32.5 Å². The summed E-state index contributed by atoms with van der Waals surface area (Å²) in [4.78, 5) is 0. The first-order valence-electron chi connectivity index (χ1n) is 19.6. The van der Waals surface area contributed by atoms with Crippen molar-refractivity contribution in [3.8, 4) is 0 Å². The van der Waals surface area contributed by atoms with Crippen molar-refractivity contribution in [3.05, 3.63) is 111 Å². The van der Waals surface area contributed by atoms with E-state index in [9.17, 15) is 0 Å². The van der Waals surface area contributed by atoms with Crippen LogP contribution >= 0.6 is 0 Å². The highest BCUT2D eigenvalue weighted by Gasteiger charge is 2.51. The van der Waals surface area contributed by atoms with Crippen molar-refractivity contribution < 1.29 is 0 Å². The standard InChI is InChI=1S/C50H74Si/c1-32-22-33(2)44(34(32)3)51(41-26-35(45(4,5)6)23-36(27-41)46(7,8)9,42-28-37(47(10,11)12)24-38(29-42)48(13,14)15)43-30-39(49(16,17)18)25-40(31-43)50(19,20)21/h22-31,44H,1-21H3. The van der Waals surface area contributed by atoms with Crippen molar-refractivity contribution in [1.82, 2.24) is 0 Å². The number of hydrogen-bond acceptors (Lipinski definition) is 0. The summed E-state index contributed by atoms with van der Waals surface area (Å²) in [6.07, 6.45) is 2.51. The van der Waals surface area contributed by atoms with E-state index in [0.717, 1.165) is 0 Å². The third kappa shape index (κ3) is 8.15. The van der Waals surface area contributed by atoms with Gasteiger partial charge in [-0.05, 0) is 102 Å². The van der Waals surface area contributed by atoms with Gasteiger partial charge < -0.3 is 0 Å². The number of rotatable bonds is 4. The summed E-state index contributed by atoms with van der Waals surface area (Å²) >= 11 is 0. The summed E-state index contributed by atoms with van der Waals surface area (Å²) in [5, 5.41) is 4.63. The lowest BCUT2D eigenvalue weighted by molar-refractivity contribution is 0.569. The van der Waals surface area contributed by atoms with Crippen LogP contribution < -0.4 is 15.6 Å². The molecule has 0 saturated carbocycles. The molecule has 4 rings (SSSR count). The van der Waals surface area contributed by atoms with Gasteiger partial charge >= 0.3 is 0 Å². The number of hydrogen-bond donors (Lipinski definition) is 0. The van der Waals surface area contributed by atoms with E-state index >= 15 is 0 Å². The monoisotopic (exact) mass is 703 g/mol. The normalized spacial score (nSPS) is 17.0. The van der Waals surface area contributed by atoms with Gasteiger partial charge in [0.1, 0.15) is 0 Å². The van der Waals surface area contributed by atoms with Crippen LogP contribution in [0.5, 0.6) is 0 Å². The minimum atomic E-state index is -2.95. The Bertz CT molecular complexity index is 1570. The molecule has 51 heavy (non-hydrogen) atoms. The number of benzene rings is 3. The van der Waals surface area contributed by atoms with Crippen molar-refractivity contribution >= 4 is 23.6 Å². The van der Waals surface area contributed by atoms with Crippen molar-refractivity contribution in [3.63, 3.8) is 0 Å². The minimum Gasteiger partial charge on any atom is -0.0676 e. The van der Waals surface area contributed by atoms with Gasteiger partial charge in [-0.3, -0.25) is 0 Å². The van der Waals surface area contributed by atoms with Crippen LogP contribution in [0.2, 0.25) is 5.54 Å². The van der Waals surface area contributed by atoms with Crippen molar-refractivity contribution in [2.45, 2.75) is 183 Å². The quantitative estimate of drug-likeness (QED) is 0.188. The molecular weight excluding hydrogens is 629 g/mol. The van der Waals surface area contributed by atoms with Crippen LogP contribution in [-0.4, -0.2) is 8.07 Å². The fourth-order valence-electron chi connectivity index (χ4n) is 7.94. The Morgan fingerprint density at radius 2 is 0.569 bits per heavy atom. The van der Waals surface area contributed by atoms with Gasteiger partial charge in [0, 0.05) is 5.54 Å². The Hall–Kier alpha value is -2.64. The Balaban J connectivity index is 2.50. The van der Waals surface area contributed by atoms with Crippen LogP contribution in [0.4, 0.5) is 0 Å². The molecule has 1 heteroatoms. The van der Waals surface area contributed by atoms with Gasteiger partial charge in [0.05, 0.1) is 0 Å². The van der Waals surface area contributed by atoms with Crippen LogP contribution in [0.1, 0.15) is 179 Å². The molecule has 0 heterocycles. The molecule has 1 atom stereocenters. The highest BCUT2D eigenvalue weighted by molar-refractivity contribution is 7.13. The first-order valence-corrected chi connectivity index (χ1v) is 21.7. The van der Waals surface area contributed by atoms with E-state index in [2.05, 4.69) is 206 Å². The molecule has 0 nitrogen and oxygen atoms in total. The number of allylic oxidation sites excluding steroid dienone is 4. The van der Waals surface area contributed by atoms with Gasteiger partial charge in [-0.15, -0.1) is 0 Å². The Morgan fingerprint density at radius 1 is 0.353 bits per heavy atom. The molecular formula is C50H74Si. The van der Waals surface area contributed by atoms with E-state index in [1.165, 1.54) is 50.1 Å². The van der Waals surface area contributed by atoms with E-state index in [0.29, 0.717) is 5.54 Å². The molecule has 3 aromatic carbocycles. The molecule has 0 N–H and O–H groups in total. The average molecular weight is 703 g/mol. The molecule has 0 saturated heterocycles. The fraction of sp³-hybridized carbons (Fsp3) is 0.560. The third-order valence-corrected chi connectivity index (χ3v) is 17.1. The molecule has 3 aromatic rings. The Morgan fingerprint density at radius 3 is 0.725 bits per heavy atom. The molecule has 0 aliphatic heterocycles. The fourth-order valence-corrected chi connectivity index (χ4v) is 13.9. The molecule has 0 radical (unpaired) electrons. The second-order valence-electron chi connectivity index (χ2n) is 22.4.